The molecule has 3 aromatic rings. The zero-order valence-electron chi connectivity index (χ0n) is 13.0. The number of hydrogen-bond acceptors (Lipinski definition) is 5. The van der Waals surface area contributed by atoms with Gasteiger partial charge in [-0.3, -0.25) is 4.98 Å². The van der Waals surface area contributed by atoms with Gasteiger partial charge in [0.2, 0.25) is 0 Å². The number of nitrogens with zero attached hydrogens (tertiary/aromatic N) is 5. The smallest absolute Gasteiger partial charge is 0.191 e. The molecule has 2 aromatic heterocycles. The lowest BCUT2D eigenvalue weighted by Crippen LogP contribution is -2.00. The molecule has 0 bridgehead atoms. The third kappa shape index (κ3) is 3.29. The summed E-state index contributed by atoms with van der Waals surface area (Å²) in [4.78, 5) is 4.01. The van der Waals surface area contributed by atoms with Crippen molar-refractivity contribution in [2.24, 2.45) is 0 Å². The quantitative estimate of drug-likeness (QED) is 0.664. The van der Waals surface area contributed by atoms with Crippen molar-refractivity contribution in [2.75, 3.05) is 0 Å². The average Bonchev–Trinajstić information content (AvgIpc) is 3.04. The van der Waals surface area contributed by atoms with Crippen LogP contribution in [0.5, 0.6) is 0 Å². The van der Waals surface area contributed by atoms with Gasteiger partial charge in [-0.15, -0.1) is 10.2 Å². The number of nitriles is 1. The molecule has 24 heavy (non-hydrogen) atoms. The lowest BCUT2D eigenvalue weighted by molar-refractivity contribution is 0.616. The van der Waals surface area contributed by atoms with Crippen molar-refractivity contribution in [2.45, 2.75) is 24.4 Å². The van der Waals surface area contributed by atoms with Crippen LogP contribution in [0.1, 0.15) is 18.1 Å². The van der Waals surface area contributed by atoms with Crippen LogP contribution in [0.3, 0.4) is 0 Å². The van der Waals surface area contributed by atoms with E-state index in [1.807, 2.05) is 29.7 Å². The number of benzene rings is 1. The second-order valence-corrected chi connectivity index (χ2v) is 5.94. The Kier molecular flexibility index (Phi) is 4.87. The molecule has 0 atom stereocenters. The minimum absolute atomic E-state index is 0.318. The third-order valence-corrected chi connectivity index (χ3v) is 4.53. The summed E-state index contributed by atoms with van der Waals surface area (Å²) in [6.45, 7) is 2.73. The Morgan fingerprint density at radius 3 is 2.67 bits per heavy atom. The predicted molar refractivity (Wildman–Crippen MR) is 89.6 cm³/mol. The highest BCUT2D eigenvalue weighted by Crippen LogP contribution is 2.27. The first kappa shape index (κ1) is 16.1. The molecule has 0 aliphatic heterocycles. The van der Waals surface area contributed by atoms with Crippen molar-refractivity contribution in [1.29, 1.82) is 5.26 Å². The van der Waals surface area contributed by atoms with Gasteiger partial charge in [-0.1, -0.05) is 17.8 Å². The second kappa shape index (κ2) is 7.23. The van der Waals surface area contributed by atoms with Gasteiger partial charge in [-0.2, -0.15) is 5.26 Å². The predicted octanol–water partition coefficient (Wildman–Crippen LogP) is 3.66. The zero-order chi connectivity index (χ0) is 16.9. The standard InChI is InChI=1S/C17H14FN5S/c1-2-23-16(13-5-7-20-8-6-13)21-22-17(23)24-11-14-4-3-12(10-19)9-15(14)18/h3-9H,2,11H2,1H3. The normalized spacial score (nSPS) is 10.5. The van der Waals surface area contributed by atoms with Crippen LogP contribution in [0.4, 0.5) is 4.39 Å². The van der Waals surface area contributed by atoms with Gasteiger partial charge in [0.05, 0.1) is 11.6 Å². The van der Waals surface area contributed by atoms with E-state index in [-0.39, 0.29) is 5.82 Å². The summed E-state index contributed by atoms with van der Waals surface area (Å²) >= 11 is 1.42. The average molecular weight is 339 g/mol. The van der Waals surface area contributed by atoms with E-state index in [0.29, 0.717) is 23.4 Å². The first-order valence-electron chi connectivity index (χ1n) is 7.38. The highest BCUT2D eigenvalue weighted by molar-refractivity contribution is 7.98. The lowest BCUT2D eigenvalue weighted by atomic mass is 10.1. The van der Waals surface area contributed by atoms with Crippen molar-refractivity contribution < 1.29 is 4.39 Å². The lowest BCUT2D eigenvalue weighted by Gasteiger charge is -2.07. The Morgan fingerprint density at radius 1 is 1.21 bits per heavy atom. The fraction of sp³-hybridized carbons (Fsp3) is 0.176. The van der Waals surface area contributed by atoms with Crippen LogP contribution < -0.4 is 0 Å². The molecular weight excluding hydrogens is 325 g/mol. The van der Waals surface area contributed by atoms with E-state index in [0.717, 1.165) is 16.5 Å². The van der Waals surface area contributed by atoms with E-state index in [9.17, 15) is 4.39 Å². The van der Waals surface area contributed by atoms with E-state index in [2.05, 4.69) is 15.2 Å². The van der Waals surface area contributed by atoms with E-state index < -0.39 is 0 Å². The van der Waals surface area contributed by atoms with Crippen LogP contribution in [0.25, 0.3) is 11.4 Å². The van der Waals surface area contributed by atoms with Gasteiger partial charge in [-0.25, -0.2) is 4.39 Å². The summed E-state index contributed by atoms with van der Waals surface area (Å²) in [5, 5.41) is 18.0. The maximum Gasteiger partial charge on any atom is 0.191 e. The summed E-state index contributed by atoms with van der Waals surface area (Å²) in [5.41, 5.74) is 1.80. The van der Waals surface area contributed by atoms with Crippen molar-refractivity contribution in [1.82, 2.24) is 19.7 Å². The van der Waals surface area contributed by atoms with E-state index in [1.54, 1.807) is 24.5 Å². The molecule has 0 spiro atoms. The molecule has 5 nitrogen and oxygen atoms in total. The van der Waals surface area contributed by atoms with E-state index in [4.69, 9.17) is 5.26 Å². The van der Waals surface area contributed by atoms with Crippen molar-refractivity contribution in [3.8, 4) is 17.5 Å². The summed E-state index contributed by atoms with van der Waals surface area (Å²) in [5.74, 6) is 0.813. The maximum absolute atomic E-state index is 14.0. The van der Waals surface area contributed by atoms with Gasteiger partial charge in [0.1, 0.15) is 5.82 Å². The van der Waals surface area contributed by atoms with E-state index in [1.165, 1.54) is 17.8 Å². The SMILES string of the molecule is CCn1c(SCc2ccc(C#N)cc2F)nnc1-c1ccncc1. The second-order valence-electron chi connectivity index (χ2n) is 4.99. The van der Waals surface area contributed by atoms with Crippen LogP contribution in [0.2, 0.25) is 0 Å². The van der Waals surface area contributed by atoms with Gasteiger partial charge in [-0.05, 0) is 36.8 Å². The zero-order valence-corrected chi connectivity index (χ0v) is 13.8. The highest BCUT2D eigenvalue weighted by atomic mass is 32.2. The number of hydrogen-bond donors (Lipinski definition) is 0. The maximum atomic E-state index is 14.0. The van der Waals surface area contributed by atoms with Gasteiger partial charge >= 0.3 is 0 Å². The molecule has 120 valence electrons. The number of thioether (sulfide) groups is 1. The summed E-state index contributed by atoms with van der Waals surface area (Å²) in [7, 11) is 0. The minimum Gasteiger partial charge on any atom is -0.302 e. The van der Waals surface area contributed by atoms with Gasteiger partial charge < -0.3 is 4.57 Å². The Balaban J connectivity index is 1.82. The van der Waals surface area contributed by atoms with Crippen LogP contribution in [-0.2, 0) is 12.3 Å². The molecule has 0 unspecified atom stereocenters. The number of aromatic nitrogens is 4. The van der Waals surface area contributed by atoms with Crippen molar-refractivity contribution >= 4 is 11.8 Å². The van der Waals surface area contributed by atoms with Crippen LogP contribution in [0, 0.1) is 17.1 Å². The highest BCUT2D eigenvalue weighted by Gasteiger charge is 2.14. The monoisotopic (exact) mass is 339 g/mol. The molecule has 7 heteroatoms. The van der Waals surface area contributed by atoms with Crippen molar-refractivity contribution in [3.63, 3.8) is 0 Å². The molecule has 0 aliphatic carbocycles. The summed E-state index contributed by atoms with van der Waals surface area (Å²) in [6.07, 6.45) is 3.42. The topological polar surface area (TPSA) is 67.4 Å². The molecular formula is C17H14FN5S. The summed E-state index contributed by atoms with van der Waals surface area (Å²) < 4.78 is 16.0. The molecule has 0 saturated heterocycles. The van der Waals surface area contributed by atoms with Gasteiger partial charge in [0.15, 0.2) is 11.0 Å². The molecule has 0 amide bonds. The molecule has 0 N–H and O–H groups in total. The third-order valence-electron chi connectivity index (χ3n) is 3.51. The Bertz CT molecular complexity index is 886. The molecule has 0 fully saturated rings. The Labute approximate surface area is 143 Å². The van der Waals surface area contributed by atoms with Crippen LogP contribution >= 0.6 is 11.8 Å². The molecule has 1 aromatic carbocycles. The molecule has 0 saturated carbocycles. The fourth-order valence-corrected chi connectivity index (χ4v) is 3.26. The first-order chi connectivity index (χ1) is 11.7. The molecule has 0 aliphatic rings. The van der Waals surface area contributed by atoms with Crippen LogP contribution in [-0.4, -0.2) is 19.7 Å². The molecule has 2 heterocycles. The largest absolute Gasteiger partial charge is 0.302 e. The number of pyridine rings is 1. The first-order valence-corrected chi connectivity index (χ1v) is 8.36. The van der Waals surface area contributed by atoms with E-state index >= 15 is 0 Å². The molecule has 3 rings (SSSR count). The number of rotatable bonds is 5. The van der Waals surface area contributed by atoms with Crippen molar-refractivity contribution in [3.05, 3.63) is 59.7 Å². The van der Waals surface area contributed by atoms with Crippen LogP contribution in [0.15, 0.2) is 47.9 Å². The minimum atomic E-state index is -0.376. The number of halogens is 1. The van der Waals surface area contributed by atoms with Gasteiger partial charge in [0, 0.05) is 30.3 Å². The Hall–Kier alpha value is -2.72. The summed E-state index contributed by atoms with van der Waals surface area (Å²) in [6, 6.07) is 10.2. The van der Waals surface area contributed by atoms with Gasteiger partial charge in [0.25, 0.3) is 0 Å². The molecule has 0 radical (unpaired) electrons. The fourth-order valence-electron chi connectivity index (χ4n) is 2.27. The Morgan fingerprint density at radius 2 is 2.00 bits per heavy atom.